The lowest BCUT2D eigenvalue weighted by molar-refractivity contribution is -0.384. The van der Waals surface area contributed by atoms with Crippen LogP contribution in [0.2, 0.25) is 0 Å². The van der Waals surface area contributed by atoms with Crippen molar-refractivity contribution >= 4 is 39.6 Å². The zero-order valence-corrected chi connectivity index (χ0v) is 16.1. The molecule has 0 bridgehead atoms. The van der Waals surface area contributed by atoms with E-state index in [0.717, 1.165) is 0 Å². The molecule has 10 heteroatoms. The topological polar surface area (TPSA) is 120 Å². The summed E-state index contributed by atoms with van der Waals surface area (Å²) in [6.45, 7) is 0.0928. The molecule has 0 atom stereocenters. The number of nitrogens with zero attached hydrogens (tertiary/aromatic N) is 1. The van der Waals surface area contributed by atoms with Crippen molar-refractivity contribution in [2.45, 2.75) is 6.61 Å². The van der Waals surface area contributed by atoms with Gasteiger partial charge in [0, 0.05) is 12.1 Å². The Morgan fingerprint density at radius 2 is 2.00 bits per heavy atom. The third kappa shape index (κ3) is 4.29. The predicted molar refractivity (Wildman–Crippen MR) is 103 cm³/mol. The van der Waals surface area contributed by atoms with Crippen molar-refractivity contribution < 1.29 is 24.0 Å². The number of amides is 3. The quantitative estimate of drug-likeness (QED) is 0.303. The van der Waals surface area contributed by atoms with Crippen LogP contribution in [0.15, 0.2) is 46.6 Å². The summed E-state index contributed by atoms with van der Waals surface area (Å²) in [5, 5.41) is 15.4. The van der Waals surface area contributed by atoms with Crippen LogP contribution in [0.5, 0.6) is 11.5 Å². The minimum Gasteiger partial charge on any atom is -0.493 e. The van der Waals surface area contributed by atoms with Gasteiger partial charge in [-0.1, -0.05) is 12.1 Å². The summed E-state index contributed by atoms with van der Waals surface area (Å²) in [6.07, 6.45) is 1.50. The van der Waals surface area contributed by atoms with Crippen molar-refractivity contribution in [1.82, 2.24) is 10.6 Å². The van der Waals surface area contributed by atoms with E-state index in [0.29, 0.717) is 27.1 Å². The molecule has 0 aromatic heterocycles. The Bertz CT molecular complexity index is 1000. The fraction of sp³-hybridized carbons (Fsp3) is 0.111. The number of nitrogens with one attached hydrogen (secondary N) is 2. The molecule has 144 valence electrons. The van der Waals surface area contributed by atoms with Crippen LogP contribution in [0, 0.1) is 10.1 Å². The van der Waals surface area contributed by atoms with E-state index in [9.17, 15) is 19.7 Å². The highest BCUT2D eigenvalue weighted by Crippen LogP contribution is 2.38. The van der Waals surface area contributed by atoms with E-state index in [1.165, 1.54) is 25.3 Å². The maximum Gasteiger partial charge on any atom is 0.326 e. The minimum absolute atomic E-state index is 0.0222. The van der Waals surface area contributed by atoms with E-state index in [1.807, 2.05) is 0 Å². The number of ether oxygens (including phenoxy) is 2. The fourth-order valence-corrected chi connectivity index (χ4v) is 3.10. The van der Waals surface area contributed by atoms with E-state index < -0.39 is 16.9 Å². The number of rotatable bonds is 6. The SMILES string of the molecule is COc1cc(/C=C2/NC(=O)NC2=O)cc(Br)c1OCc1cccc([N+](=O)[O-])c1. The van der Waals surface area contributed by atoms with Gasteiger partial charge >= 0.3 is 6.03 Å². The zero-order valence-electron chi connectivity index (χ0n) is 14.5. The highest BCUT2D eigenvalue weighted by Gasteiger charge is 2.23. The molecular formula is C18H14BrN3O6. The van der Waals surface area contributed by atoms with Crippen LogP contribution < -0.4 is 20.1 Å². The van der Waals surface area contributed by atoms with Crippen molar-refractivity contribution in [1.29, 1.82) is 0 Å². The Morgan fingerprint density at radius 1 is 1.21 bits per heavy atom. The maximum atomic E-state index is 11.7. The Hall–Kier alpha value is -3.40. The Morgan fingerprint density at radius 3 is 2.64 bits per heavy atom. The van der Waals surface area contributed by atoms with E-state index in [-0.39, 0.29) is 18.0 Å². The number of non-ortho nitro benzene ring substituents is 1. The number of imide groups is 1. The van der Waals surface area contributed by atoms with Gasteiger partial charge in [0.1, 0.15) is 12.3 Å². The summed E-state index contributed by atoms with van der Waals surface area (Å²) in [4.78, 5) is 33.3. The molecule has 1 fully saturated rings. The number of carbonyl (C=O) groups excluding carboxylic acids is 2. The smallest absolute Gasteiger partial charge is 0.326 e. The van der Waals surface area contributed by atoms with Gasteiger partial charge in [-0.05, 0) is 45.3 Å². The molecule has 1 saturated heterocycles. The van der Waals surface area contributed by atoms with Crippen molar-refractivity contribution in [2.75, 3.05) is 7.11 Å². The number of hydrogen-bond donors (Lipinski definition) is 2. The van der Waals surface area contributed by atoms with E-state index in [4.69, 9.17) is 9.47 Å². The number of nitro benzene ring substituents is 1. The number of urea groups is 1. The molecule has 9 nitrogen and oxygen atoms in total. The Labute approximate surface area is 167 Å². The normalized spacial score (nSPS) is 14.6. The summed E-state index contributed by atoms with van der Waals surface area (Å²) < 4.78 is 11.7. The third-order valence-electron chi connectivity index (χ3n) is 3.79. The number of halogens is 1. The fourth-order valence-electron chi connectivity index (χ4n) is 2.53. The molecule has 2 N–H and O–H groups in total. The molecule has 2 aromatic rings. The van der Waals surface area contributed by atoms with Crippen LogP contribution in [0.3, 0.4) is 0 Å². The van der Waals surface area contributed by atoms with Gasteiger partial charge in [0.15, 0.2) is 11.5 Å². The second-order valence-corrected chi connectivity index (χ2v) is 6.57. The van der Waals surface area contributed by atoms with E-state index in [2.05, 4.69) is 26.6 Å². The van der Waals surface area contributed by atoms with Crippen LogP contribution in [-0.2, 0) is 11.4 Å². The van der Waals surface area contributed by atoms with Gasteiger partial charge in [-0.2, -0.15) is 0 Å². The zero-order chi connectivity index (χ0) is 20.3. The predicted octanol–water partition coefficient (Wildman–Crippen LogP) is 3.13. The summed E-state index contributed by atoms with van der Waals surface area (Å²) in [5.41, 5.74) is 1.31. The van der Waals surface area contributed by atoms with Gasteiger partial charge in [-0.25, -0.2) is 4.79 Å². The monoisotopic (exact) mass is 447 g/mol. The summed E-state index contributed by atoms with van der Waals surface area (Å²) in [7, 11) is 1.46. The molecule has 0 saturated carbocycles. The van der Waals surface area contributed by atoms with Gasteiger partial charge < -0.3 is 14.8 Å². The van der Waals surface area contributed by atoms with Crippen molar-refractivity contribution in [3.05, 3.63) is 67.8 Å². The first-order chi connectivity index (χ1) is 13.4. The van der Waals surface area contributed by atoms with Gasteiger partial charge in [0.25, 0.3) is 11.6 Å². The molecule has 0 spiro atoms. The Kier molecular flexibility index (Phi) is 5.59. The van der Waals surface area contributed by atoms with Crippen LogP contribution in [0.1, 0.15) is 11.1 Å². The molecule has 3 amide bonds. The van der Waals surface area contributed by atoms with Gasteiger partial charge in [0.05, 0.1) is 16.5 Å². The number of benzene rings is 2. The average molecular weight is 448 g/mol. The first kappa shape index (κ1) is 19.4. The Balaban J connectivity index is 1.83. The molecular weight excluding hydrogens is 434 g/mol. The van der Waals surface area contributed by atoms with Crippen LogP contribution in [0.25, 0.3) is 6.08 Å². The lowest BCUT2D eigenvalue weighted by atomic mass is 10.1. The van der Waals surface area contributed by atoms with Gasteiger partial charge in [0.2, 0.25) is 0 Å². The average Bonchev–Trinajstić information content (AvgIpc) is 2.97. The first-order valence-corrected chi connectivity index (χ1v) is 8.74. The lowest BCUT2D eigenvalue weighted by Gasteiger charge is -2.14. The van der Waals surface area contributed by atoms with Crippen LogP contribution in [-0.4, -0.2) is 24.0 Å². The third-order valence-corrected chi connectivity index (χ3v) is 4.38. The molecule has 0 aliphatic carbocycles. The second kappa shape index (κ2) is 8.09. The van der Waals surface area contributed by atoms with E-state index >= 15 is 0 Å². The maximum absolute atomic E-state index is 11.7. The van der Waals surface area contributed by atoms with Crippen LogP contribution >= 0.6 is 15.9 Å². The molecule has 1 aliphatic rings. The minimum atomic E-state index is -0.584. The summed E-state index contributed by atoms with van der Waals surface area (Å²) in [6, 6.07) is 8.88. The molecule has 0 unspecified atom stereocenters. The molecule has 1 heterocycles. The largest absolute Gasteiger partial charge is 0.493 e. The number of carbonyl (C=O) groups is 2. The van der Waals surface area contributed by atoms with Crippen molar-refractivity contribution in [3.8, 4) is 11.5 Å². The standard InChI is InChI=1S/C18H14BrN3O6/c1-27-15-8-11(7-14-17(23)21-18(24)20-14)6-13(19)16(15)28-9-10-3-2-4-12(5-10)22(25)26/h2-8H,9H2,1H3,(H2,20,21,23,24)/b14-7+. The number of hydrogen-bond acceptors (Lipinski definition) is 6. The van der Waals surface area contributed by atoms with E-state index in [1.54, 1.807) is 24.3 Å². The molecule has 1 aliphatic heterocycles. The van der Waals surface area contributed by atoms with Crippen molar-refractivity contribution in [2.24, 2.45) is 0 Å². The highest BCUT2D eigenvalue weighted by atomic mass is 79.9. The summed E-state index contributed by atoms with van der Waals surface area (Å²) in [5.74, 6) is 0.263. The summed E-state index contributed by atoms with van der Waals surface area (Å²) >= 11 is 3.40. The first-order valence-electron chi connectivity index (χ1n) is 7.95. The van der Waals surface area contributed by atoms with Gasteiger partial charge in [-0.3, -0.25) is 20.2 Å². The van der Waals surface area contributed by atoms with Crippen molar-refractivity contribution in [3.63, 3.8) is 0 Å². The number of methoxy groups -OCH3 is 1. The van der Waals surface area contributed by atoms with Gasteiger partial charge in [-0.15, -0.1) is 0 Å². The lowest BCUT2D eigenvalue weighted by Crippen LogP contribution is -2.22. The molecule has 3 rings (SSSR count). The van der Waals surface area contributed by atoms with Crippen LogP contribution in [0.4, 0.5) is 10.5 Å². The molecule has 0 radical (unpaired) electrons. The number of nitro groups is 1. The molecule has 2 aromatic carbocycles. The highest BCUT2D eigenvalue weighted by molar-refractivity contribution is 9.10. The second-order valence-electron chi connectivity index (χ2n) is 5.72. The molecule has 28 heavy (non-hydrogen) atoms.